The van der Waals surface area contributed by atoms with E-state index in [0.717, 1.165) is 12.4 Å². The summed E-state index contributed by atoms with van der Waals surface area (Å²) in [4.78, 5) is 24.0. The van der Waals surface area contributed by atoms with Crippen LogP contribution in [0.15, 0.2) is 31.0 Å². The number of aromatic nitrogens is 4. The van der Waals surface area contributed by atoms with E-state index in [4.69, 9.17) is 0 Å². The molecule has 3 rings (SSSR count). The summed E-state index contributed by atoms with van der Waals surface area (Å²) < 4.78 is 2.11. The maximum atomic E-state index is 11.8. The zero-order chi connectivity index (χ0) is 13.1. The fraction of sp³-hybridized carbons (Fsp3) is 0.385. The number of carbonyl (C=O) groups is 1. The van der Waals surface area contributed by atoms with Crippen molar-refractivity contribution in [3.05, 3.63) is 42.5 Å². The average molecular weight is 257 g/mol. The van der Waals surface area contributed by atoms with Crippen molar-refractivity contribution in [3.63, 3.8) is 0 Å². The smallest absolute Gasteiger partial charge is 0.271 e. The van der Waals surface area contributed by atoms with Gasteiger partial charge in [0.05, 0.1) is 6.20 Å². The lowest BCUT2D eigenvalue weighted by atomic mass is 10.4. The van der Waals surface area contributed by atoms with Gasteiger partial charge in [-0.15, -0.1) is 0 Å². The highest BCUT2D eigenvalue weighted by Crippen LogP contribution is 2.38. The van der Waals surface area contributed by atoms with Crippen molar-refractivity contribution in [1.82, 2.24) is 24.8 Å². The summed E-state index contributed by atoms with van der Waals surface area (Å²) in [6.07, 6.45) is 10.7. The van der Waals surface area contributed by atoms with Crippen LogP contribution >= 0.6 is 0 Å². The molecule has 0 saturated heterocycles. The minimum Gasteiger partial charge on any atom is -0.349 e. The van der Waals surface area contributed by atoms with Gasteiger partial charge in [-0.2, -0.15) is 0 Å². The number of hydrogen-bond donors (Lipinski definition) is 1. The normalized spacial score (nSPS) is 14.3. The molecule has 1 N–H and O–H groups in total. The van der Waals surface area contributed by atoms with E-state index in [1.807, 2.05) is 12.4 Å². The average Bonchev–Trinajstić information content (AvgIpc) is 3.19. The van der Waals surface area contributed by atoms with Gasteiger partial charge in [-0.3, -0.25) is 9.78 Å². The minimum atomic E-state index is -0.193. The van der Waals surface area contributed by atoms with Crippen molar-refractivity contribution in [2.45, 2.75) is 25.3 Å². The molecule has 0 bridgehead atoms. The number of nitrogens with zero attached hydrogens (tertiary/aromatic N) is 4. The largest absolute Gasteiger partial charge is 0.349 e. The van der Waals surface area contributed by atoms with Crippen LogP contribution in [0.5, 0.6) is 0 Å². The second kappa shape index (κ2) is 5.17. The highest BCUT2D eigenvalue weighted by atomic mass is 16.1. The zero-order valence-electron chi connectivity index (χ0n) is 10.5. The second-order valence-electron chi connectivity index (χ2n) is 4.60. The third-order valence-electron chi connectivity index (χ3n) is 3.12. The second-order valence-corrected chi connectivity index (χ2v) is 4.60. The highest BCUT2D eigenvalue weighted by Gasteiger charge is 2.27. The standard InChI is InChI=1S/C13H15N5O/c19-13(11-9-14-3-4-15-11)17-6-8-18-7-5-16-12(18)10-1-2-10/h3-5,7,9-10H,1-2,6,8H2,(H,17,19). The van der Waals surface area contributed by atoms with Gasteiger partial charge >= 0.3 is 0 Å². The van der Waals surface area contributed by atoms with Crippen LogP contribution in [0.2, 0.25) is 0 Å². The first kappa shape index (κ1) is 11.8. The van der Waals surface area contributed by atoms with Gasteiger partial charge in [0.25, 0.3) is 5.91 Å². The molecule has 1 aliphatic carbocycles. The molecule has 2 heterocycles. The summed E-state index contributed by atoms with van der Waals surface area (Å²) in [5.41, 5.74) is 0.343. The number of nitrogens with one attached hydrogen (secondary N) is 1. The van der Waals surface area contributed by atoms with Crippen LogP contribution in [-0.4, -0.2) is 32.0 Å². The number of rotatable bonds is 5. The van der Waals surface area contributed by atoms with Gasteiger partial charge in [0.15, 0.2) is 0 Å². The van der Waals surface area contributed by atoms with Crippen LogP contribution < -0.4 is 5.32 Å². The van der Waals surface area contributed by atoms with E-state index < -0.39 is 0 Å². The molecule has 0 radical (unpaired) electrons. The van der Waals surface area contributed by atoms with Crippen molar-refractivity contribution >= 4 is 5.91 Å². The Morgan fingerprint density at radius 3 is 2.95 bits per heavy atom. The SMILES string of the molecule is O=C(NCCn1ccnc1C1CC1)c1cnccn1. The van der Waals surface area contributed by atoms with Crippen molar-refractivity contribution in [2.75, 3.05) is 6.54 Å². The predicted molar refractivity (Wildman–Crippen MR) is 68.6 cm³/mol. The van der Waals surface area contributed by atoms with Crippen molar-refractivity contribution in [3.8, 4) is 0 Å². The molecule has 1 saturated carbocycles. The molecule has 1 aliphatic rings. The fourth-order valence-corrected chi connectivity index (χ4v) is 2.01. The summed E-state index contributed by atoms with van der Waals surface area (Å²) in [6, 6.07) is 0. The van der Waals surface area contributed by atoms with Gasteiger partial charge < -0.3 is 9.88 Å². The first-order chi connectivity index (χ1) is 9.34. The molecule has 6 heteroatoms. The molecule has 0 aromatic carbocycles. The highest BCUT2D eigenvalue weighted by molar-refractivity contribution is 5.91. The fourth-order valence-electron chi connectivity index (χ4n) is 2.01. The van der Waals surface area contributed by atoms with Crippen LogP contribution in [0.1, 0.15) is 35.1 Å². The molecule has 2 aromatic heterocycles. The van der Waals surface area contributed by atoms with E-state index in [9.17, 15) is 4.79 Å². The van der Waals surface area contributed by atoms with Gasteiger partial charge in [0, 0.05) is 43.8 Å². The topological polar surface area (TPSA) is 72.7 Å². The monoisotopic (exact) mass is 257 g/mol. The zero-order valence-corrected chi connectivity index (χ0v) is 10.5. The Kier molecular flexibility index (Phi) is 3.22. The Hall–Kier alpha value is -2.24. The summed E-state index contributed by atoms with van der Waals surface area (Å²) in [6.45, 7) is 1.29. The van der Waals surface area contributed by atoms with Gasteiger partial charge in [0.2, 0.25) is 0 Å². The Morgan fingerprint density at radius 1 is 1.32 bits per heavy atom. The predicted octanol–water partition coefficient (Wildman–Crippen LogP) is 0.980. The number of hydrogen-bond acceptors (Lipinski definition) is 4. The third-order valence-corrected chi connectivity index (χ3v) is 3.12. The minimum absolute atomic E-state index is 0.193. The Morgan fingerprint density at radius 2 is 2.21 bits per heavy atom. The molecule has 98 valence electrons. The quantitative estimate of drug-likeness (QED) is 0.866. The number of carbonyl (C=O) groups excluding carboxylic acids is 1. The van der Waals surface area contributed by atoms with Crippen molar-refractivity contribution < 1.29 is 4.79 Å². The maximum absolute atomic E-state index is 11.8. The molecule has 0 aliphatic heterocycles. The van der Waals surface area contributed by atoms with Crippen LogP contribution in [0.3, 0.4) is 0 Å². The molecule has 0 spiro atoms. The molecule has 19 heavy (non-hydrogen) atoms. The Labute approximate surface area is 110 Å². The number of amides is 1. The first-order valence-corrected chi connectivity index (χ1v) is 6.40. The maximum Gasteiger partial charge on any atom is 0.271 e. The van der Waals surface area contributed by atoms with Gasteiger partial charge in [-0.1, -0.05) is 0 Å². The van der Waals surface area contributed by atoms with E-state index in [1.165, 1.54) is 25.2 Å². The Balaban J connectivity index is 1.53. The van der Waals surface area contributed by atoms with Crippen molar-refractivity contribution in [2.24, 2.45) is 0 Å². The lowest BCUT2D eigenvalue weighted by Crippen LogP contribution is -2.28. The van der Waals surface area contributed by atoms with Gasteiger partial charge in [0.1, 0.15) is 11.5 Å². The van der Waals surface area contributed by atoms with Crippen LogP contribution in [-0.2, 0) is 6.54 Å². The molecular weight excluding hydrogens is 242 g/mol. The first-order valence-electron chi connectivity index (χ1n) is 6.40. The van der Waals surface area contributed by atoms with E-state index in [0.29, 0.717) is 18.2 Å². The van der Waals surface area contributed by atoms with Crippen molar-refractivity contribution in [1.29, 1.82) is 0 Å². The van der Waals surface area contributed by atoms with E-state index in [2.05, 4.69) is 24.8 Å². The summed E-state index contributed by atoms with van der Waals surface area (Å²) in [5, 5.41) is 2.83. The van der Waals surface area contributed by atoms with Gasteiger partial charge in [-0.25, -0.2) is 9.97 Å². The molecule has 1 amide bonds. The van der Waals surface area contributed by atoms with Gasteiger partial charge in [-0.05, 0) is 12.8 Å². The summed E-state index contributed by atoms with van der Waals surface area (Å²) >= 11 is 0. The lowest BCUT2D eigenvalue weighted by molar-refractivity contribution is 0.0947. The molecule has 2 aromatic rings. The van der Waals surface area contributed by atoms with E-state index >= 15 is 0 Å². The number of imidazole rings is 1. The molecule has 6 nitrogen and oxygen atoms in total. The van der Waals surface area contributed by atoms with E-state index in [-0.39, 0.29) is 5.91 Å². The third kappa shape index (κ3) is 2.78. The van der Waals surface area contributed by atoms with E-state index in [1.54, 1.807) is 6.20 Å². The summed E-state index contributed by atoms with van der Waals surface area (Å²) in [5.74, 6) is 1.56. The van der Waals surface area contributed by atoms with Crippen LogP contribution in [0, 0.1) is 0 Å². The molecule has 1 fully saturated rings. The lowest BCUT2D eigenvalue weighted by Gasteiger charge is -2.08. The Bertz CT molecular complexity index is 561. The molecule has 0 atom stereocenters. The molecular formula is C13H15N5O. The molecule has 0 unspecified atom stereocenters. The van der Waals surface area contributed by atoms with Crippen LogP contribution in [0.4, 0.5) is 0 Å². The van der Waals surface area contributed by atoms with Crippen LogP contribution in [0.25, 0.3) is 0 Å². The summed E-state index contributed by atoms with van der Waals surface area (Å²) in [7, 11) is 0.